The average Bonchev–Trinajstić information content (AvgIpc) is 3.33. The molecule has 0 atom stereocenters. The maximum atomic E-state index is 12.2. The minimum absolute atomic E-state index is 0.202. The van der Waals surface area contributed by atoms with Crippen molar-refractivity contribution in [3.05, 3.63) is 0 Å². The minimum Gasteiger partial charge on any atom is -0.388 e. The second-order valence-corrected chi connectivity index (χ2v) is 6.93. The predicted octanol–water partition coefficient (Wildman–Crippen LogP) is 0.564. The van der Waals surface area contributed by atoms with Crippen LogP contribution in [0.15, 0.2) is 4.99 Å². The van der Waals surface area contributed by atoms with Crippen LogP contribution in [-0.2, 0) is 4.79 Å². The van der Waals surface area contributed by atoms with E-state index in [0.717, 1.165) is 57.6 Å². The highest BCUT2D eigenvalue weighted by Gasteiger charge is 2.37. The average molecular weight is 308 g/mol. The van der Waals surface area contributed by atoms with E-state index in [1.54, 1.807) is 7.05 Å². The summed E-state index contributed by atoms with van der Waals surface area (Å²) >= 11 is 0. The van der Waals surface area contributed by atoms with Crippen LogP contribution in [0, 0.1) is 0 Å². The number of hydrogen-bond acceptors (Lipinski definition) is 3. The monoisotopic (exact) mass is 308 g/mol. The van der Waals surface area contributed by atoms with E-state index in [1.807, 2.05) is 9.80 Å². The third-order valence-electron chi connectivity index (χ3n) is 5.12. The lowest BCUT2D eigenvalue weighted by Gasteiger charge is -2.38. The first kappa shape index (κ1) is 15.6. The molecular formula is C16H28N4O2. The van der Waals surface area contributed by atoms with E-state index in [0.29, 0.717) is 19.1 Å². The van der Waals surface area contributed by atoms with Gasteiger partial charge in [0.15, 0.2) is 5.96 Å². The molecule has 1 amide bonds. The standard InChI is InChI=1S/C16H28N4O2/c1-17-15(18-12-16(22)7-3-2-4-8-16)19-9-10-20(13-5-6-13)14(21)11-19/h13,22H,2-12H2,1H3,(H,17,18). The summed E-state index contributed by atoms with van der Waals surface area (Å²) in [5.41, 5.74) is -0.617. The van der Waals surface area contributed by atoms with Gasteiger partial charge < -0.3 is 20.2 Å². The van der Waals surface area contributed by atoms with Crippen molar-refractivity contribution in [3.63, 3.8) is 0 Å². The van der Waals surface area contributed by atoms with E-state index in [9.17, 15) is 9.90 Å². The van der Waals surface area contributed by atoms with Crippen molar-refractivity contribution in [2.45, 2.75) is 56.6 Å². The number of hydrogen-bond donors (Lipinski definition) is 2. The molecule has 2 saturated carbocycles. The first-order valence-corrected chi connectivity index (χ1v) is 8.59. The van der Waals surface area contributed by atoms with E-state index in [4.69, 9.17) is 0 Å². The Labute approximate surface area is 132 Å². The summed E-state index contributed by atoms with van der Waals surface area (Å²) < 4.78 is 0. The molecule has 3 rings (SSSR count). The Morgan fingerprint density at radius 3 is 2.64 bits per heavy atom. The number of nitrogens with zero attached hydrogens (tertiary/aromatic N) is 3. The molecule has 0 bridgehead atoms. The number of aliphatic imine (C=N–C) groups is 1. The number of nitrogens with one attached hydrogen (secondary N) is 1. The molecule has 1 aliphatic heterocycles. The predicted molar refractivity (Wildman–Crippen MR) is 85.7 cm³/mol. The molecule has 0 aromatic rings. The topological polar surface area (TPSA) is 68.2 Å². The fourth-order valence-corrected chi connectivity index (χ4v) is 3.60. The fourth-order valence-electron chi connectivity index (χ4n) is 3.60. The molecule has 0 aromatic heterocycles. The molecule has 2 aliphatic carbocycles. The number of carbonyl (C=O) groups excluding carboxylic acids is 1. The van der Waals surface area contributed by atoms with E-state index < -0.39 is 5.60 Å². The highest BCUT2D eigenvalue weighted by Crippen LogP contribution is 2.28. The van der Waals surface area contributed by atoms with Crippen molar-refractivity contribution in [3.8, 4) is 0 Å². The van der Waals surface area contributed by atoms with Gasteiger partial charge in [-0.25, -0.2) is 0 Å². The Morgan fingerprint density at radius 1 is 1.32 bits per heavy atom. The summed E-state index contributed by atoms with van der Waals surface area (Å²) in [6.07, 6.45) is 7.42. The Hall–Kier alpha value is -1.30. The molecule has 1 saturated heterocycles. The third-order valence-corrected chi connectivity index (χ3v) is 5.12. The zero-order valence-corrected chi connectivity index (χ0v) is 13.6. The van der Waals surface area contributed by atoms with Crippen LogP contribution >= 0.6 is 0 Å². The number of aliphatic hydroxyl groups is 1. The van der Waals surface area contributed by atoms with Crippen LogP contribution in [0.25, 0.3) is 0 Å². The Kier molecular flexibility index (Phi) is 4.57. The molecule has 2 N–H and O–H groups in total. The quantitative estimate of drug-likeness (QED) is 0.591. The fraction of sp³-hybridized carbons (Fsp3) is 0.875. The van der Waals surface area contributed by atoms with Crippen molar-refractivity contribution in [1.29, 1.82) is 0 Å². The molecule has 6 heteroatoms. The van der Waals surface area contributed by atoms with Crippen LogP contribution in [0.1, 0.15) is 44.9 Å². The number of piperazine rings is 1. The van der Waals surface area contributed by atoms with Crippen molar-refractivity contribution in [2.75, 3.05) is 33.2 Å². The van der Waals surface area contributed by atoms with E-state index in [1.165, 1.54) is 6.42 Å². The van der Waals surface area contributed by atoms with Gasteiger partial charge in [-0.1, -0.05) is 19.3 Å². The second-order valence-electron chi connectivity index (χ2n) is 6.93. The number of guanidine groups is 1. The third kappa shape index (κ3) is 3.54. The van der Waals surface area contributed by atoms with E-state index in [2.05, 4.69) is 10.3 Å². The van der Waals surface area contributed by atoms with E-state index >= 15 is 0 Å². The van der Waals surface area contributed by atoms with Crippen molar-refractivity contribution in [1.82, 2.24) is 15.1 Å². The molecule has 22 heavy (non-hydrogen) atoms. The van der Waals surface area contributed by atoms with Gasteiger partial charge in [-0.15, -0.1) is 0 Å². The largest absolute Gasteiger partial charge is 0.388 e. The summed E-state index contributed by atoms with van der Waals surface area (Å²) in [5, 5.41) is 13.9. The molecule has 0 aromatic carbocycles. The Balaban J connectivity index is 1.52. The highest BCUT2D eigenvalue weighted by atomic mass is 16.3. The van der Waals surface area contributed by atoms with Crippen molar-refractivity contribution >= 4 is 11.9 Å². The normalized spacial score (nSPS) is 26.3. The van der Waals surface area contributed by atoms with Crippen LogP contribution in [0.4, 0.5) is 0 Å². The van der Waals surface area contributed by atoms with Gasteiger partial charge in [0.2, 0.25) is 5.91 Å². The smallest absolute Gasteiger partial charge is 0.242 e. The van der Waals surface area contributed by atoms with Crippen LogP contribution in [-0.4, -0.2) is 71.6 Å². The van der Waals surface area contributed by atoms with Gasteiger partial charge in [0.1, 0.15) is 0 Å². The molecular weight excluding hydrogens is 280 g/mol. The zero-order valence-electron chi connectivity index (χ0n) is 13.6. The number of carbonyl (C=O) groups is 1. The first-order chi connectivity index (χ1) is 10.6. The van der Waals surface area contributed by atoms with E-state index in [-0.39, 0.29) is 5.91 Å². The summed E-state index contributed by atoms with van der Waals surface area (Å²) in [7, 11) is 1.74. The molecule has 3 aliphatic rings. The second kappa shape index (κ2) is 6.44. The van der Waals surface area contributed by atoms with Gasteiger partial charge in [0, 0.05) is 32.7 Å². The van der Waals surface area contributed by atoms with Gasteiger partial charge in [-0.3, -0.25) is 9.79 Å². The lowest BCUT2D eigenvalue weighted by molar-refractivity contribution is -0.135. The van der Waals surface area contributed by atoms with Gasteiger partial charge in [-0.05, 0) is 25.7 Å². The summed E-state index contributed by atoms with van der Waals surface area (Å²) in [6, 6.07) is 0.493. The molecule has 3 fully saturated rings. The van der Waals surface area contributed by atoms with Gasteiger partial charge in [0.05, 0.1) is 12.1 Å². The molecule has 124 valence electrons. The molecule has 0 spiro atoms. The Morgan fingerprint density at radius 2 is 2.05 bits per heavy atom. The van der Waals surface area contributed by atoms with Crippen LogP contribution in [0.2, 0.25) is 0 Å². The zero-order chi connectivity index (χ0) is 15.6. The first-order valence-electron chi connectivity index (χ1n) is 8.59. The van der Waals surface area contributed by atoms with Gasteiger partial charge in [0.25, 0.3) is 0 Å². The minimum atomic E-state index is -0.617. The maximum Gasteiger partial charge on any atom is 0.242 e. The number of amides is 1. The summed E-state index contributed by atoms with van der Waals surface area (Å²) in [4.78, 5) is 20.5. The van der Waals surface area contributed by atoms with Crippen molar-refractivity contribution in [2.24, 2.45) is 4.99 Å². The van der Waals surface area contributed by atoms with Crippen LogP contribution < -0.4 is 5.32 Å². The highest BCUT2D eigenvalue weighted by molar-refractivity contribution is 5.88. The SMILES string of the molecule is CN=C(NCC1(O)CCCCC1)N1CCN(C2CC2)C(=O)C1. The number of rotatable bonds is 3. The molecule has 6 nitrogen and oxygen atoms in total. The summed E-state index contributed by atoms with van der Waals surface area (Å²) in [5.74, 6) is 0.941. The summed E-state index contributed by atoms with van der Waals surface area (Å²) in [6.45, 7) is 2.53. The Bertz CT molecular complexity index is 441. The molecule has 0 radical (unpaired) electrons. The molecule has 1 heterocycles. The van der Waals surface area contributed by atoms with Crippen molar-refractivity contribution < 1.29 is 9.90 Å². The van der Waals surface area contributed by atoms with Gasteiger partial charge >= 0.3 is 0 Å². The van der Waals surface area contributed by atoms with Crippen LogP contribution in [0.5, 0.6) is 0 Å². The maximum absolute atomic E-state index is 12.2. The van der Waals surface area contributed by atoms with Crippen LogP contribution in [0.3, 0.4) is 0 Å². The molecule has 0 unspecified atom stereocenters. The lowest BCUT2D eigenvalue weighted by atomic mass is 9.85. The van der Waals surface area contributed by atoms with Gasteiger partial charge in [-0.2, -0.15) is 0 Å². The lowest BCUT2D eigenvalue weighted by Crippen LogP contribution is -2.57.